The van der Waals surface area contributed by atoms with E-state index in [1.165, 1.54) is 7.11 Å². The normalized spacial score (nSPS) is 10.2. The predicted octanol–water partition coefficient (Wildman–Crippen LogP) is 4.93. The van der Waals surface area contributed by atoms with Crippen LogP contribution in [-0.2, 0) is 27.2 Å². The van der Waals surface area contributed by atoms with Crippen molar-refractivity contribution in [1.29, 1.82) is 0 Å². The Balaban J connectivity index is 1.50. The van der Waals surface area contributed by atoms with Gasteiger partial charge in [0, 0.05) is 23.5 Å². The number of para-hydroxylation sites is 1. The van der Waals surface area contributed by atoms with Crippen molar-refractivity contribution in [2.45, 2.75) is 26.2 Å². The average Bonchev–Trinajstić information content (AvgIpc) is 2.80. The molecule has 0 aliphatic carbocycles. The van der Waals surface area contributed by atoms with Crippen LogP contribution in [0.4, 0.5) is 21.9 Å². The lowest BCUT2D eigenvalue weighted by Crippen LogP contribution is -2.20. The third kappa shape index (κ3) is 7.50. The number of esters is 1. The summed E-state index contributed by atoms with van der Waals surface area (Å²) >= 11 is 0. The van der Waals surface area contributed by atoms with Gasteiger partial charge in [-0.1, -0.05) is 42.5 Å². The Morgan fingerprint density at radius 3 is 2.27 bits per heavy atom. The summed E-state index contributed by atoms with van der Waals surface area (Å²) in [6, 6.07) is 21.7. The van der Waals surface area contributed by atoms with E-state index in [1.807, 2.05) is 49.4 Å². The molecule has 3 N–H and O–H groups in total. The van der Waals surface area contributed by atoms with Crippen LogP contribution in [-0.4, -0.2) is 25.0 Å². The molecule has 0 heterocycles. The van der Waals surface area contributed by atoms with E-state index in [-0.39, 0.29) is 30.7 Å². The van der Waals surface area contributed by atoms with Crippen molar-refractivity contribution < 1.29 is 19.1 Å². The van der Waals surface area contributed by atoms with Gasteiger partial charge in [0.25, 0.3) is 0 Å². The maximum absolute atomic E-state index is 12.4. The fourth-order valence-electron chi connectivity index (χ4n) is 3.25. The van der Waals surface area contributed by atoms with Crippen LogP contribution in [0, 0.1) is 6.92 Å². The quantitative estimate of drug-likeness (QED) is 0.429. The van der Waals surface area contributed by atoms with Gasteiger partial charge in [0.05, 0.1) is 13.5 Å². The van der Waals surface area contributed by atoms with Crippen LogP contribution in [0.5, 0.6) is 0 Å². The van der Waals surface area contributed by atoms with Gasteiger partial charge in [-0.2, -0.15) is 0 Å². The first kappa shape index (κ1) is 23.5. The standard InChI is InChI=1S/C26H27N3O4/c1-18-6-3-4-9-23(18)29-26(32)28-21-13-10-20(11-14-21)17-24(30)27-22-8-5-7-19(16-22)12-15-25(31)33-2/h3-11,13-14,16H,12,15,17H2,1-2H3,(H,27,30)(H2,28,29,32). The Morgan fingerprint density at radius 1 is 0.788 bits per heavy atom. The number of hydrogen-bond acceptors (Lipinski definition) is 4. The summed E-state index contributed by atoms with van der Waals surface area (Å²) in [6.07, 6.45) is 1.03. The van der Waals surface area contributed by atoms with E-state index >= 15 is 0 Å². The highest BCUT2D eigenvalue weighted by molar-refractivity contribution is 6.00. The maximum atomic E-state index is 12.4. The minimum atomic E-state index is -0.332. The number of carbonyl (C=O) groups is 3. The lowest BCUT2D eigenvalue weighted by atomic mass is 10.1. The average molecular weight is 446 g/mol. The minimum Gasteiger partial charge on any atom is -0.469 e. The van der Waals surface area contributed by atoms with E-state index in [2.05, 4.69) is 20.7 Å². The smallest absolute Gasteiger partial charge is 0.323 e. The number of aryl methyl sites for hydroxylation is 2. The molecule has 0 unspecified atom stereocenters. The summed E-state index contributed by atoms with van der Waals surface area (Å²) in [5.74, 6) is -0.423. The van der Waals surface area contributed by atoms with E-state index in [0.717, 1.165) is 22.4 Å². The second-order valence-corrected chi connectivity index (χ2v) is 7.59. The number of amides is 3. The van der Waals surface area contributed by atoms with Gasteiger partial charge in [0.15, 0.2) is 0 Å². The zero-order chi connectivity index (χ0) is 23.6. The lowest BCUT2D eigenvalue weighted by molar-refractivity contribution is -0.140. The largest absolute Gasteiger partial charge is 0.469 e. The molecule has 3 rings (SSSR count). The Labute approximate surface area is 193 Å². The molecular formula is C26H27N3O4. The number of nitrogens with one attached hydrogen (secondary N) is 3. The molecule has 0 saturated carbocycles. The summed E-state index contributed by atoms with van der Waals surface area (Å²) in [5.41, 5.74) is 4.79. The molecule has 3 aromatic rings. The van der Waals surface area contributed by atoms with Crippen molar-refractivity contribution in [1.82, 2.24) is 0 Å². The molecule has 3 aromatic carbocycles. The molecule has 7 heteroatoms. The van der Waals surface area contributed by atoms with Gasteiger partial charge in [-0.15, -0.1) is 0 Å². The van der Waals surface area contributed by atoms with Crippen LogP contribution in [0.2, 0.25) is 0 Å². The molecule has 0 fully saturated rings. The summed E-state index contributed by atoms with van der Waals surface area (Å²) in [7, 11) is 1.36. The monoisotopic (exact) mass is 445 g/mol. The van der Waals surface area contributed by atoms with Gasteiger partial charge in [-0.25, -0.2) is 4.79 Å². The number of urea groups is 1. The van der Waals surface area contributed by atoms with Gasteiger partial charge in [-0.3, -0.25) is 9.59 Å². The van der Waals surface area contributed by atoms with Crippen LogP contribution < -0.4 is 16.0 Å². The summed E-state index contributed by atoms with van der Waals surface area (Å²) in [4.78, 5) is 36.0. The van der Waals surface area contributed by atoms with Crippen molar-refractivity contribution in [2.75, 3.05) is 23.1 Å². The summed E-state index contributed by atoms with van der Waals surface area (Å²) in [5, 5.41) is 8.48. The van der Waals surface area contributed by atoms with E-state index in [9.17, 15) is 14.4 Å². The SMILES string of the molecule is COC(=O)CCc1cccc(NC(=O)Cc2ccc(NC(=O)Nc3ccccc3C)cc2)c1. The highest BCUT2D eigenvalue weighted by Gasteiger charge is 2.08. The van der Waals surface area contributed by atoms with E-state index < -0.39 is 0 Å². The van der Waals surface area contributed by atoms with E-state index in [0.29, 0.717) is 17.8 Å². The van der Waals surface area contributed by atoms with Crippen LogP contribution in [0.1, 0.15) is 23.1 Å². The number of carbonyl (C=O) groups excluding carboxylic acids is 3. The molecule has 7 nitrogen and oxygen atoms in total. The zero-order valence-electron chi connectivity index (χ0n) is 18.7. The summed E-state index contributed by atoms with van der Waals surface area (Å²) in [6.45, 7) is 1.92. The van der Waals surface area contributed by atoms with Crippen LogP contribution in [0.3, 0.4) is 0 Å². The van der Waals surface area contributed by atoms with Crippen LogP contribution in [0.15, 0.2) is 72.8 Å². The topological polar surface area (TPSA) is 96.5 Å². The molecule has 33 heavy (non-hydrogen) atoms. The molecule has 0 aliphatic heterocycles. The van der Waals surface area contributed by atoms with Gasteiger partial charge in [0.2, 0.25) is 5.91 Å². The van der Waals surface area contributed by atoms with Gasteiger partial charge in [0.1, 0.15) is 0 Å². The highest BCUT2D eigenvalue weighted by Crippen LogP contribution is 2.16. The Morgan fingerprint density at radius 2 is 1.55 bits per heavy atom. The number of hydrogen-bond donors (Lipinski definition) is 3. The van der Waals surface area contributed by atoms with Gasteiger partial charge < -0.3 is 20.7 Å². The fourth-order valence-corrected chi connectivity index (χ4v) is 3.25. The number of ether oxygens (including phenoxy) is 1. The minimum absolute atomic E-state index is 0.155. The molecule has 0 bridgehead atoms. The van der Waals surface area contributed by atoms with Crippen LogP contribution in [0.25, 0.3) is 0 Å². The number of methoxy groups -OCH3 is 1. The van der Waals surface area contributed by atoms with Crippen molar-refractivity contribution in [3.05, 3.63) is 89.5 Å². The third-order valence-electron chi connectivity index (χ3n) is 5.03. The molecule has 0 atom stereocenters. The Kier molecular flexibility index (Phi) is 8.18. The van der Waals surface area contributed by atoms with E-state index in [4.69, 9.17) is 0 Å². The lowest BCUT2D eigenvalue weighted by Gasteiger charge is -2.10. The molecule has 170 valence electrons. The second kappa shape index (κ2) is 11.5. The van der Waals surface area contributed by atoms with E-state index in [1.54, 1.807) is 30.3 Å². The molecule has 0 saturated heterocycles. The Bertz CT molecular complexity index is 1130. The first-order valence-electron chi connectivity index (χ1n) is 10.6. The molecule has 0 aromatic heterocycles. The summed E-state index contributed by atoms with van der Waals surface area (Å²) < 4.78 is 4.66. The first-order valence-corrected chi connectivity index (χ1v) is 10.6. The van der Waals surface area contributed by atoms with Crippen LogP contribution >= 0.6 is 0 Å². The highest BCUT2D eigenvalue weighted by atomic mass is 16.5. The Hall–Kier alpha value is -4.13. The molecule has 0 aliphatic rings. The molecule has 0 spiro atoms. The van der Waals surface area contributed by atoms with Crippen molar-refractivity contribution >= 4 is 35.0 Å². The van der Waals surface area contributed by atoms with Crippen molar-refractivity contribution in [3.8, 4) is 0 Å². The number of anilines is 3. The third-order valence-corrected chi connectivity index (χ3v) is 5.03. The fraction of sp³-hybridized carbons (Fsp3) is 0.192. The first-order chi connectivity index (χ1) is 15.9. The van der Waals surface area contributed by atoms with Crippen molar-refractivity contribution in [3.63, 3.8) is 0 Å². The van der Waals surface area contributed by atoms with Crippen molar-refractivity contribution in [2.24, 2.45) is 0 Å². The number of rotatable bonds is 8. The number of benzene rings is 3. The zero-order valence-corrected chi connectivity index (χ0v) is 18.7. The molecule has 0 radical (unpaired) electrons. The molecule has 3 amide bonds. The van der Waals surface area contributed by atoms with Gasteiger partial charge in [-0.05, 0) is 60.4 Å². The predicted molar refractivity (Wildman–Crippen MR) is 129 cm³/mol. The second-order valence-electron chi connectivity index (χ2n) is 7.59. The molecular weight excluding hydrogens is 418 g/mol. The van der Waals surface area contributed by atoms with Gasteiger partial charge >= 0.3 is 12.0 Å². The maximum Gasteiger partial charge on any atom is 0.323 e.